The molecule has 0 aromatic heterocycles. The van der Waals surface area contributed by atoms with Crippen LogP contribution in [-0.2, 0) is 10.0 Å². The molecule has 1 fully saturated rings. The summed E-state index contributed by atoms with van der Waals surface area (Å²) in [6.45, 7) is 4.91. The van der Waals surface area contributed by atoms with Gasteiger partial charge in [-0.05, 0) is 67.9 Å². The van der Waals surface area contributed by atoms with E-state index in [-0.39, 0.29) is 29.7 Å². The Kier molecular flexibility index (Phi) is 7.25. The van der Waals surface area contributed by atoms with E-state index in [1.54, 1.807) is 0 Å². The van der Waals surface area contributed by atoms with Crippen molar-refractivity contribution in [3.8, 4) is 0 Å². The quantitative estimate of drug-likeness (QED) is 0.464. The minimum Gasteiger partial charge on any atom is -0.366 e. The number of nitrogens with zero attached hydrogens (tertiary/aromatic N) is 2. The molecule has 10 heteroatoms. The highest BCUT2D eigenvalue weighted by Crippen LogP contribution is 2.27. The number of carbonyl (C=O) groups excluding carboxylic acids is 1. The van der Waals surface area contributed by atoms with E-state index in [2.05, 4.69) is 32.2 Å². The number of halogens is 3. The number of aryl methyl sites for hydroxylation is 1. The lowest BCUT2D eigenvalue weighted by atomic mass is 10.1. The van der Waals surface area contributed by atoms with E-state index >= 15 is 0 Å². The molecule has 0 saturated carbocycles. The Morgan fingerprint density at radius 3 is 2.49 bits per heavy atom. The Morgan fingerprint density at radius 1 is 1.03 bits per heavy atom. The van der Waals surface area contributed by atoms with Gasteiger partial charge in [-0.15, -0.1) is 0 Å². The van der Waals surface area contributed by atoms with Gasteiger partial charge in [-0.3, -0.25) is 4.79 Å². The van der Waals surface area contributed by atoms with Crippen LogP contribution in [0.1, 0.15) is 22.8 Å². The molecule has 4 rings (SSSR count). The van der Waals surface area contributed by atoms with Crippen LogP contribution in [0.3, 0.4) is 0 Å². The Morgan fingerprint density at radius 2 is 1.80 bits per heavy atom. The number of hydrogen-bond donors (Lipinski definition) is 1. The Labute approximate surface area is 211 Å². The van der Waals surface area contributed by atoms with Gasteiger partial charge in [-0.25, -0.2) is 17.2 Å². The fraction of sp³-hybridized carbons (Fsp3) is 0.240. The summed E-state index contributed by atoms with van der Waals surface area (Å²) in [6, 6.07) is 15.0. The van der Waals surface area contributed by atoms with Gasteiger partial charge in [0.25, 0.3) is 5.91 Å². The average molecular weight is 564 g/mol. The van der Waals surface area contributed by atoms with Crippen molar-refractivity contribution in [2.75, 3.05) is 29.9 Å². The highest BCUT2D eigenvalue weighted by molar-refractivity contribution is 9.10. The zero-order chi connectivity index (χ0) is 25.3. The number of nitrogens with one attached hydrogen (secondary N) is 1. The van der Waals surface area contributed by atoms with E-state index in [1.165, 1.54) is 16.4 Å². The monoisotopic (exact) mass is 563 g/mol. The van der Waals surface area contributed by atoms with Gasteiger partial charge in [0, 0.05) is 35.8 Å². The predicted molar refractivity (Wildman–Crippen MR) is 135 cm³/mol. The molecule has 6 nitrogen and oxygen atoms in total. The summed E-state index contributed by atoms with van der Waals surface area (Å²) in [5.74, 6) is -2.56. The molecule has 184 valence electrons. The first kappa shape index (κ1) is 25.3. The molecule has 1 atom stereocenters. The molecule has 0 unspecified atom stereocenters. The molecule has 3 aromatic rings. The van der Waals surface area contributed by atoms with Gasteiger partial charge in [-0.1, -0.05) is 28.1 Å². The van der Waals surface area contributed by atoms with Crippen LogP contribution in [0.25, 0.3) is 0 Å². The summed E-state index contributed by atoms with van der Waals surface area (Å²) in [4.78, 5) is 14.6. The van der Waals surface area contributed by atoms with E-state index in [9.17, 15) is 22.0 Å². The molecule has 1 aliphatic heterocycles. The first-order valence-electron chi connectivity index (χ1n) is 11.0. The van der Waals surface area contributed by atoms with Crippen LogP contribution in [0, 0.1) is 18.6 Å². The third-order valence-electron chi connectivity index (χ3n) is 5.92. The first-order valence-corrected chi connectivity index (χ1v) is 13.2. The Bertz CT molecular complexity index is 1380. The fourth-order valence-corrected chi connectivity index (χ4v) is 5.97. The van der Waals surface area contributed by atoms with Gasteiger partial charge >= 0.3 is 0 Å². The van der Waals surface area contributed by atoms with Crippen LogP contribution in [0.2, 0.25) is 0 Å². The predicted octanol–water partition coefficient (Wildman–Crippen LogP) is 5.19. The van der Waals surface area contributed by atoms with E-state index in [1.807, 2.05) is 32.0 Å². The zero-order valence-corrected chi connectivity index (χ0v) is 21.5. The Hall–Kier alpha value is -2.82. The highest BCUT2D eigenvalue weighted by atomic mass is 79.9. The summed E-state index contributed by atoms with van der Waals surface area (Å²) < 4.78 is 57.1. The molecular formula is C25H24BrF2N3O3S. The lowest BCUT2D eigenvalue weighted by molar-refractivity contribution is 0.102. The van der Waals surface area contributed by atoms with Gasteiger partial charge in [0.1, 0.15) is 11.6 Å². The van der Waals surface area contributed by atoms with Gasteiger partial charge in [0.15, 0.2) is 0 Å². The number of benzene rings is 3. The summed E-state index contributed by atoms with van der Waals surface area (Å²) in [6.07, 6.45) is 0. The molecule has 0 bridgehead atoms. The number of hydrogen-bond acceptors (Lipinski definition) is 4. The molecule has 1 saturated heterocycles. The number of sulfonamides is 1. The molecule has 0 aliphatic carbocycles. The molecule has 1 heterocycles. The smallest absolute Gasteiger partial charge is 0.258 e. The van der Waals surface area contributed by atoms with Crippen LogP contribution in [-0.4, -0.2) is 44.3 Å². The first-order chi connectivity index (χ1) is 16.6. The molecule has 1 amide bonds. The summed E-state index contributed by atoms with van der Waals surface area (Å²) in [7, 11) is -3.99. The van der Waals surface area contributed by atoms with Crippen molar-refractivity contribution in [1.29, 1.82) is 0 Å². The standard InChI is InChI=1S/C25H24BrF2N3O3S/c1-16-4-3-5-19(12-16)31-11-10-30(15-17(31)2)35(33,34)20-7-8-22(27)21(14-20)25(32)29-24-9-6-18(26)13-23(24)28/h3-9,12-14,17H,10-11,15H2,1-2H3,(H,29,32)/t17-/m0/s1. The summed E-state index contributed by atoms with van der Waals surface area (Å²) in [5.41, 5.74) is 1.51. The number of carbonyl (C=O) groups is 1. The minimum absolute atomic E-state index is 0.0936. The SMILES string of the molecule is Cc1cccc(N2CCN(S(=O)(=O)c3ccc(F)c(C(=O)Nc4ccc(Br)cc4F)c3)C[C@@H]2C)c1. The van der Waals surface area contributed by atoms with Crippen molar-refractivity contribution in [1.82, 2.24) is 4.31 Å². The largest absolute Gasteiger partial charge is 0.366 e. The van der Waals surface area contributed by atoms with Crippen molar-refractivity contribution in [2.45, 2.75) is 24.8 Å². The molecule has 0 radical (unpaired) electrons. The van der Waals surface area contributed by atoms with E-state index in [0.29, 0.717) is 11.0 Å². The maximum absolute atomic E-state index is 14.5. The van der Waals surface area contributed by atoms with Crippen molar-refractivity contribution in [2.24, 2.45) is 0 Å². The molecular weight excluding hydrogens is 540 g/mol. The number of amides is 1. The maximum atomic E-state index is 14.5. The molecule has 3 aromatic carbocycles. The van der Waals surface area contributed by atoms with Gasteiger partial charge in [-0.2, -0.15) is 4.31 Å². The summed E-state index contributed by atoms with van der Waals surface area (Å²) in [5, 5.41) is 2.30. The molecule has 0 spiro atoms. The molecule has 1 aliphatic rings. The average Bonchev–Trinajstić information content (AvgIpc) is 2.81. The van der Waals surface area contributed by atoms with Gasteiger partial charge < -0.3 is 10.2 Å². The Balaban J connectivity index is 1.55. The van der Waals surface area contributed by atoms with Crippen LogP contribution in [0.4, 0.5) is 20.2 Å². The van der Waals surface area contributed by atoms with Crippen LogP contribution in [0.15, 0.2) is 70.0 Å². The van der Waals surface area contributed by atoms with E-state index in [0.717, 1.165) is 35.5 Å². The number of anilines is 2. The maximum Gasteiger partial charge on any atom is 0.258 e. The van der Waals surface area contributed by atoms with Crippen molar-refractivity contribution < 1.29 is 22.0 Å². The van der Waals surface area contributed by atoms with Crippen LogP contribution in [0.5, 0.6) is 0 Å². The number of rotatable bonds is 5. The van der Waals surface area contributed by atoms with Gasteiger partial charge in [0.2, 0.25) is 10.0 Å². The number of piperazine rings is 1. The van der Waals surface area contributed by atoms with Crippen molar-refractivity contribution in [3.05, 3.63) is 87.9 Å². The normalized spacial score (nSPS) is 16.8. The second kappa shape index (κ2) is 10.0. The van der Waals surface area contributed by atoms with Crippen LogP contribution < -0.4 is 10.2 Å². The highest BCUT2D eigenvalue weighted by Gasteiger charge is 2.33. The lowest BCUT2D eigenvalue weighted by Crippen LogP contribution is -2.53. The van der Waals surface area contributed by atoms with Crippen molar-refractivity contribution in [3.63, 3.8) is 0 Å². The second-order valence-electron chi connectivity index (χ2n) is 8.46. The third kappa shape index (κ3) is 5.39. The van der Waals surface area contributed by atoms with E-state index < -0.39 is 33.1 Å². The van der Waals surface area contributed by atoms with Gasteiger partial charge in [0.05, 0.1) is 16.1 Å². The molecule has 35 heavy (non-hydrogen) atoms. The third-order valence-corrected chi connectivity index (χ3v) is 8.28. The second-order valence-corrected chi connectivity index (χ2v) is 11.3. The molecule has 1 N–H and O–H groups in total. The van der Waals surface area contributed by atoms with Crippen LogP contribution >= 0.6 is 15.9 Å². The summed E-state index contributed by atoms with van der Waals surface area (Å²) >= 11 is 3.13. The fourth-order valence-electron chi connectivity index (χ4n) is 4.10. The topological polar surface area (TPSA) is 69.7 Å². The van der Waals surface area contributed by atoms with Crippen molar-refractivity contribution >= 4 is 43.2 Å². The lowest BCUT2D eigenvalue weighted by Gasteiger charge is -2.40. The zero-order valence-electron chi connectivity index (χ0n) is 19.1. The minimum atomic E-state index is -3.99. The van der Waals surface area contributed by atoms with E-state index in [4.69, 9.17) is 0 Å².